The van der Waals surface area contributed by atoms with Crippen LogP contribution in [0.5, 0.6) is 0 Å². The second-order valence-corrected chi connectivity index (χ2v) is 13.0. The van der Waals surface area contributed by atoms with Crippen LogP contribution in [-0.2, 0) is 52.7 Å². The summed E-state index contributed by atoms with van der Waals surface area (Å²) < 4.78 is 0. The van der Waals surface area contributed by atoms with Gasteiger partial charge in [0.15, 0.2) is 0 Å². The first-order valence-corrected chi connectivity index (χ1v) is 17.9. The van der Waals surface area contributed by atoms with Crippen molar-refractivity contribution >= 4 is 65.0 Å². The molecule has 0 aromatic heterocycles. The summed E-state index contributed by atoms with van der Waals surface area (Å²) in [6.45, 7) is 0.117. The van der Waals surface area contributed by atoms with Crippen molar-refractivity contribution in [2.45, 2.75) is 63.5 Å². The number of carbonyl (C=O) groups excluding carboxylic acids is 11. The Hall–Kier alpha value is -6.11. The Morgan fingerprint density at radius 2 is 0.873 bits per heavy atom. The van der Waals surface area contributed by atoms with Gasteiger partial charge in [-0.2, -0.15) is 0 Å². The number of nitrogens with zero attached hydrogens (tertiary/aromatic N) is 5. The molecule has 0 saturated carbocycles. The lowest BCUT2D eigenvalue weighted by molar-refractivity contribution is -0.145. The van der Waals surface area contributed by atoms with Crippen molar-refractivity contribution in [1.29, 1.82) is 0 Å². The van der Waals surface area contributed by atoms with Gasteiger partial charge in [-0.25, -0.2) is 0 Å². The third-order valence-corrected chi connectivity index (χ3v) is 9.17. The SMILES string of the molecule is O=C(CCC(CN1C(=O)C=CC1=O)N1C(=O)C=CC1=O)NCCCN(CCCNC(=O)CCC(CN1C(=O)C=CC1=O)N1C(=O)C=CC1=O)C(=O)CCCO. The van der Waals surface area contributed by atoms with Gasteiger partial charge < -0.3 is 20.6 Å². The van der Waals surface area contributed by atoms with Crippen molar-refractivity contribution in [2.75, 3.05) is 45.9 Å². The fourth-order valence-electron chi connectivity index (χ4n) is 6.31. The molecule has 4 aliphatic heterocycles. The summed E-state index contributed by atoms with van der Waals surface area (Å²) in [4.78, 5) is 141. The highest BCUT2D eigenvalue weighted by molar-refractivity contribution is 6.15. The molecule has 0 aromatic carbocycles. The number of carbonyl (C=O) groups is 11. The van der Waals surface area contributed by atoms with E-state index in [-0.39, 0.29) is 90.3 Å². The number of hydrogen-bond acceptors (Lipinski definition) is 12. The van der Waals surface area contributed by atoms with Gasteiger partial charge in [-0.3, -0.25) is 72.3 Å². The van der Waals surface area contributed by atoms with E-state index in [2.05, 4.69) is 10.6 Å². The molecule has 55 heavy (non-hydrogen) atoms. The van der Waals surface area contributed by atoms with Crippen molar-refractivity contribution in [3.05, 3.63) is 48.6 Å². The summed E-state index contributed by atoms with van der Waals surface area (Å²) in [5.41, 5.74) is 0. The van der Waals surface area contributed by atoms with Gasteiger partial charge in [0, 0.05) is 101 Å². The Bertz CT molecular complexity index is 1550. The molecule has 19 nitrogen and oxygen atoms in total. The van der Waals surface area contributed by atoms with Gasteiger partial charge in [-0.15, -0.1) is 0 Å². The fourth-order valence-corrected chi connectivity index (χ4v) is 6.31. The van der Waals surface area contributed by atoms with Gasteiger partial charge in [0.1, 0.15) is 0 Å². The Morgan fingerprint density at radius 3 is 1.22 bits per heavy atom. The van der Waals surface area contributed by atoms with E-state index >= 15 is 0 Å². The maximum atomic E-state index is 12.8. The van der Waals surface area contributed by atoms with Gasteiger partial charge in [0.25, 0.3) is 47.3 Å². The predicted octanol–water partition coefficient (Wildman–Crippen LogP) is -2.40. The number of aliphatic hydroxyl groups is 1. The van der Waals surface area contributed by atoms with Crippen LogP contribution in [0.3, 0.4) is 0 Å². The van der Waals surface area contributed by atoms with Crippen LogP contribution in [0.25, 0.3) is 0 Å². The topological polar surface area (TPSA) is 248 Å². The first-order valence-electron chi connectivity index (χ1n) is 17.9. The minimum atomic E-state index is -0.922. The molecule has 0 fully saturated rings. The van der Waals surface area contributed by atoms with Crippen molar-refractivity contribution in [3.8, 4) is 0 Å². The maximum Gasteiger partial charge on any atom is 0.253 e. The Labute approximate surface area is 315 Å². The zero-order chi connectivity index (χ0) is 40.1. The molecule has 294 valence electrons. The minimum absolute atomic E-state index is 0.0127. The summed E-state index contributed by atoms with van der Waals surface area (Å²) >= 11 is 0. The summed E-state index contributed by atoms with van der Waals surface area (Å²) in [7, 11) is 0. The lowest BCUT2D eigenvalue weighted by atomic mass is 10.1. The first-order chi connectivity index (χ1) is 26.3. The van der Waals surface area contributed by atoms with Crippen LogP contribution < -0.4 is 10.6 Å². The number of amides is 11. The summed E-state index contributed by atoms with van der Waals surface area (Å²) in [6, 6.07) is -1.84. The molecule has 11 amide bonds. The molecule has 4 rings (SSSR count). The van der Waals surface area contributed by atoms with Crippen LogP contribution in [0, 0.1) is 0 Å². The first kappa shape index (κ1) is 41.6. The van der Waals surface area contributed by atoms with E-state index in [0.717, 1.165) is 68.2 Å². The van der Waals surface area contributed by atoms with E-state index in [9.17, 15) is 57.8 Å². The second-order valence-electron chi connectivity index (χ2n) is 13.0. The standard InChI is InChI=1S/C36H43N7O12/c44-21-1-4-28(47)39(19-2-17-37-26(45)7-5-24(42-33(52)13-14-34(42)53)22-40-29(48)9-10-30(40)49)20-3-18-38-27(46)8-6-25(43-35(54)15-16-36(43)55)23-41-31(50)11-12-32(41)51/h9-16,24-25,44H,1-8,17-23H2,(H,37,45)(H,38,46). The quantitative estimate of drug-likeness (QED) is 0.0728. The molecule has 3 N–H and O–H groups in total. The molecule has 2 atom stereocenters. The van der Waals surface area contributed by atoms with Crippen LogP contribution in [0.4, 0.5) is 0 Å². The zero-order valence-electron chi connectivity index (χ0n) is 30.1. The second kappa shape index (κ2) is 19.8. The molecule has 0 saturated heterocycles. The average molecular weight is 766 g/mol. The average Bonchev–Trinajstić information content (AvgIpc) is 3.88. The molecule has 2 unspecified atom stereocenters. The highest BCUT2D eigenvalue weighted by atomic mass is 16.3. The van der Waals surface area contributed by atoms with Crippen molar-refractivity contribution < 1.29 is 57.8 Å². The third-order valence-electron chi connectivity index (χ3n) is 9.17. The maximum absolute atomic E-state index is 12.8. The van der Waals surface area contributed by atoms with Gasteiger partial charge >= 0.3 is 0 Å². The summed E-state index contributed by atoms with van der Waals surface area (Å²) in [5.74, 6) is -5.88. The van der Waals surface area contributed by atoms with Crippen LogP contribution in [0.1, 0.15) is 51.4 Å². The minimum Gasteiger partial charge on any atom is -0.396 e. The van der Waals surface area contributed by atoms with E-state index in [0.29, 0.717) is 12.8 Å². The Balaban J connectivity index is 1.20. The van der Waals surface area contributed by atoms with Crippen LogP contribution in [0.2, 0.25) is 0 Å². The fraction of sp³-hybridized carbons (Fsp3) is 0.472. The lowest BCUT2D eigenvalue weighted by Crippen LogP contribution is -2.49. The summed E-state index contributed by atoms with van der Waals surface area (Å²) in [5, 5.41) is 14.7. The molecule has 4 aliphatic rings. The van der Waals surface area contributed by atoms with E-state index in [1.54, 1.807) is 4.90 Å². The van der Waals surface area contributed by atoms with E-state index in [1.807, 2.05) is 0 Å². The molecule has 0 spiro atoms. The lowest BCUT2D eigenvalue weighted by Gasteiger charge is -2.29. The van der Waals surface area contributed by atoms with Gasteiger partial charge in [-0.1, -0.05) is 0 Å². The van der Waals surface area contributed by atoms with E-state index in [4.69, 9.17) is 0 Å². The van der Waals surface area contributed by atoms with Crippen molar-refractivity contribution in [3.63, 3.8) is 0 Å². The number of rotatable bonds is 23. The van der Waals surface area contributed by atoms with Crippen LogP contribution in [0.15, 0.2) is 48.6 Å². The van der Waals surface area contributed by atoms with Crippen LogP contribution in [-0.4, -0.2) is 153 Å². The molecule has 0 aliphatic carbocycles. The van der Waals surface area contributed by atoms with Crippen molar-refractivity contribution in [1.82, 2.24) is 35.1 Å². The number of imide groups is 4. The molecule has 19 heteroatoms. The number of aliphatic hydroxyl groups excluding tert-OH is 1. The third kappa shape index (κ3) is 11.4. The largest absolute Gasteiger partial charge is 0.396 e. The molecule has 0 radical (unpaired) electrons. The molecular formula is C36H43N7O12. The van der Waals surface area contributed by atoms with Crippen molar-refractivity contribution in [2.24, 2.45) is 0 Å². The monoisotopic (exact) mass is 765 g/mol. The predicted molar refractivity (Wildman–Crippen MR) is 188 cm³/mol. The smallest absolute Gasteiger partial charge is 0.253 e. The van der Waals surface area contributed by atoms with E-state index < -0.39 is 71.2 Å². The highest BCUT2D eigenvalue weighted by Crippen LogP contribution is 2.19. The molecular weight excluding hydrogens is 722 g/mol. The Kier molecular flexibility index (Phi) is 15.0. The molecule has 0 aromatic rings. The van der Waals surface area contributed by atoms with Gasteiger partial charge in [0.05, 0.1) is 25.2 Å². The normalized spacial score (nSPS) is 17.5. The van der Waals surface area contributed by atoms with Crippen LogP contribution >= 0.6 is 0 Å². The summed E-state index contributed by atoms with van der Waals surface area (Å²) in [6.07, 6.45) is 9.37. The molecule has 4 heterocycles. The van der Waals surface area contributed by atoms with E-state index in [1.165, 1.54) is 0 Å². The zero-order valence-corrected chi connectivity index (χ0v) is 30.1. The Morgan fingerprint density at radius 1 is 0.527 bits per heavy atom. The number of hydrogen-bond donors (Lipinski definition) is 3. The molecule has 0 bridgehead atoms. The van der Waals surface area contributed by atoms with Gasteiger partial charge in [0.2, 0.25) is 17.7 Å². The van der Waals surface area contributed by atoms with Gasteiger partial charge in [-0.05, 0) is 32.1 Å². The highest BCUT2D eigenvalue weighted by Gasteiger charge is 2.37. The number of nitrogens with one attached hydrogen (secondary N) is 2.